The van der Waals surface area contributed by atoms with Gasteiger partial charge in [-0.1, -0.05) is 0 Å². The van der Waals surface area contributed by atoms with E-state index in [1.807, 2.05) is 0 Å². The average Bonchev–Trinajstić information content (AvgIpc) is 2.60. The summed E-state index contributed by atoms with van der Waals surface area (Å²) in [6.45, 7) is -0.243. The molecular formula is C8H10O4. The van der Waals surface area contributed by atoms with Crippen molar-refractivity contribution in [2.24, 2.45) is 11.3 Å². The van der Waals surface area contributed by atoms with Crippen molar-refractivity contribution in [1.29, 1.82) is 0 Å². The van der Waals surface area contributed by atoms with Gasteiger partial charge < -0.3 is 14.6 Å². The summed E-state index contributed by atoms with van der Waals surface area (Å²) in [5.41, 5.74) is -0.833. The molecule has 1 aliphatic carbocycles. The van der Waals surface area contributed by atoms with E-state index < -0.39 is 11.3 Å². The number of carbonyl (C=O) groups excluding carboxylic acids is 2. The van der Waals surface area contributed by atoms with Gasteiger partial charge in [0.15, 0.2) is 0 Å². The molecule has 0 aromatic carbocycles. The lowest BCUT2D eigenvalue weighted by atomic mass is 9.79. The maximum absolute atomic E-state index is 11.1. The van der Waals surface area contributed by atoms with Crippen molar-refractivity contribution in [3.05, 3.63) is 0 Å². The van der Waals surface area contributed by atoms with Gasteiger partial charge in [-0.2, -0.15) is 0 Å². The number of aliphatic hydroxyl groups excluding tert-OH is 1. The van der Waals surface area contributed by atoms with Crippen LogP contribution in [0.2, 0.25) is 0 Å². The zero-order valence-corrected chi connectivity index (χ0v) is 6.53. The van der Waals surface area contributed by atoms with Crippen LogP contribution in [0.1, 0.15) is 12.8 Å². The zero-order valence-electron chi connectivity index (χ0n) is 6.53. The van der Waals surface area contributed by atoms with E-state index in [0.29, 0.717) is 19.1 Å². The van der Waals surface area contributed by atoms with E-state index in [1.165, 1.54) is 0 Å². The number of carbonyl (C=O) groups is 2. The summed E-state index contributed by atoms with van der Waals surface area (Å²) in [5.74, 6) is -0.725. The largest absolute Gasteiger partial charge is 0.462 e. The van der Waals surface area contributed by atoms with E-state index in [1.54, 1.807) is 0 Å². The number of aldehydes is 1. The third-order valence-corrected chi connectivity index (χ3v) is 2.90. The highest BCUT2D eigenvalue weighted by molar-refractivity contribution is 5.82. The van der Waals surface area contributed by atoms with Gasteiger partial charge in [0.1, 0.15) is 12.4 Å². The monoisotopic (exact) mass is 170 g/mol. The van der Waals surface area contributed by atoms with E-state index in [9.17, 15) is 9.59 Å². The van der Waals surface area contributed by atoms with E-state index in [2.05, 4.69) is 0 Å². The molecule has 12 heavy (non-hydrogen) atoms. The summed E-state index contributed by atoms with van der Waals surface area (Å²) in [4.78, 5) is 21.8. The molecule has 4 nitrogen and oxygen atoms in total. The Morgan fingerprint density at radius 3 is 2.83 bits per heavy atom. The van der Waals surface area contributed by atoms with E-state index in [4.69, 9.17) is 9.84 Å². The van der Waals surface area contributed by atoms with Gasteiger partial charge in [0.25, 0.3) is 0 Å². The SMILES string of the molecule is O=CC1(CO)CC2CC1C(=O)O2. The quantitative estimate of drug-likeness (QED) is 0.448. The van der Waals surface area contributed by atoms with Gasteiger partial charge in [-0.15, -0.1) is 0 Å². The molecule has 1 aliphatic heterocycles. The lowest BCUT2D eigenvalue weighted by Gasteiger charge is -2.28. The molecule has 2 fully saturated rings. The summed E-state index contributed by atoms with van der Waals surface area (Å²) >= 11 is 0. The van der Waals surface area contributed by atoms with E-state index in [0.717, 1.165) is 0 Å². The fourth-order valence-corrected chi connectivity index (χ4v) is 2.16. The minimum absolute atomic E-state index is 0.139. The second kappa shape index (κ2) is 2.29. The highest BCUT2D eigenvalue weighted by Gasteiger charge is 2.57. The summed E-state index contributed by atoms with van der Waals surface area (Å²) in [6.07, 6.45) is 1.65. The molecule has 1 N–H and O–H groups in total. The van der Waals surface area contributed by atoms with Crippen molar-refractivity contribution in [2.75, 3.05) is 6.61 Å². The lowest BCUT2D eigenvalue weighted by Crippen LogP contribution is -2.39. The van der Waals surface area contributed by atoms with Gasteiger partial charge in [-0.05, 0) is 12.8 Å². The molecule has 0 radical (unpaired) electrons. The van der Waals surface area contributed by atoms with Crippen LogP contribution in [-0.2, 0) is 14.3 Å². The van der Waals surface area contributed by atoms with Crippen LogP contribution >= 0.6 is 0 Å². The van der Waals surface area contributed by atoms with Gasteiger partial charge in [0.05, 0.1) is 17.9 Å². The van der Waals surface area contributed by atoms with Crippen LogP contribution in [0.3, 0.4) is 0 Å². The molecule has 0 spiro atoms. The Labute approximate surface area is 69.5 Å². The normalized spacial score (nSPS) is 44.6. The number of rotatable bonds is 2. The number of hydrogen-bond donors (Lipinski definition) is 1. The highest BCUT2D eigenvalue weighted by atomic mass is 16.6. The third kappa shape index (κ3) is 0.756. The maximum Gasteiger partial charge on any atom is 0.310 e. The molecule has 4 heteroatoms. The van der Waals surface area contributed by atoms with Crippen LogP contribution in [-0.4, -0.2) is 30.1 Å². The smallest absolute Gasteiger partial charge is 0.310 e. The Kier molecular flexibility index (Phi) is 1.48. The summed E-state index contributed by atoms with van der Waals surface area (Å²) in [6, 6.07) is 0. The Morgan fingerprint density at radius 2 is 2.50 bits per heavy atom. The van der Waals surface area contributed by atoms with Gasteiger partial charge >= 0.3 is 5.97 Å². The second-order valence-corrected chi connectivity index (χ2v) is 3.56. The van der Waals surface area contributed by atoms with Gasteiger partial charge in [0.2, 0.25) is 0 Å². The minimum Gasteiger partial charge on any atom is -0.462 e. The van der Waals surface area contributed by atoms with Gasteiger partial charge in [-0.3, -0.25) is 4.79 Å². The molecule has 1 saturated carbocycles. The fourth-order valence-electron chi connectivity index (χ4n) is 2.16. The van der Waals surface area contributed by atoms with Crippen LogP contribution in [0, 0.1) is 11.3 Å². The van der Waals surface area contributed by atoms with Crippen molar-refractivity contribution < 1.29 is 19.4 Å². The molecule has 3 unspecified atom stereocenters. The number of aliphatic hydroxyl groups is 1. The Bertz CT molecular complexity index is 237. The first-order valence-electron chi connectivity index (χ1n) is 3.99. The van der Waals surface area contributed by atoms with Crippen molar-refractivity contribution in [3.63, 3.8) is 0 Å². The molecule has 66 valence electrons. The van der Waals surface area contributed by atoms with Gasteiger partial charge in [-0.25, -0.2) is 0 Å². The van der Waals surface area contributed by atoms with Gasteiger partial charge in [0, 0.05) is 0 Å². The Hall–Kier alpha value is -0.900. The molecule has 1 heterocycles. The topological polar surface area (TPSA) is 63.6 Å². The number of hydrogen-bond acceptors (Lipinski definition) is 4. The standard InChI is InChI=1S/C8H10O4/c9-3-8(4-10)2-5-1-6(8)7(11)12-5/h3,5-6,10H,1-2,4H2. The molecule has 0 aromatic rings. The zero-order chi connectivity index (χ0) is 8.77. The molecule has 1 saturated heterocycles. The number of fused-ring (bicyclic) bond motifs is 2. The minimum atomic E-state index is -0.833. The van der Waals surface area contributed by atoms with Crippen LogP contribution in [0.15, 0.2) is 0 Å². The lowest BCUT2D eigenvalue weighted by molar-refractivity contribution is -0.158. The molecule has 2 bridgehead atoms. The van der Waals surface area contributed by atoms with Crippen molar-refractivity contribution in [3.8, 4) is 0 Å². The second-order valence-electron chi connectivity index (χ2n) is 3.56. The van der Waals surface area contributed by atoms with E-state index in [-0.39, 0.29) is 18.7 Å². The average molecular weight is 170 g/mol. The van der Waals surface area contributed by atoms with Crippen LogP contribution in [0.25, 0.3) is 0 Å². The number of ether oxygens (including phenoxy) is 1. The first kappa shape index (κ1) is 7.73. The predicted molar refractivity (Wildman–Crippen MR) is 38.2 cm³/mol. The Morgan fingerprint density at radius 1 is 1.75 bits per heavy atom. The first-order valence-corrected chi connectivity index (χ1v) is 3.99. The highest BCUT2D eigenvalue weighted by Crippen LogP contribution is 2.48. The maximum atomic E-state index is 11.1. The van der Waals surface area contributed by atoms with Crippen LogP contribution < -0.4 is 0 Å². The van der Waals surface area contributed by atoms with Crippen molar-refractivity contribution in [1.82, 2.24) is 0 Å². The molecule has 2 rings (SSSR count). The Balaban J connectivity index is 2.30. The molecule has 3 atom stereocenters. The predicted octanol–water partition coefficient (Wildman–Crippen LogP) is -0.501. The summed E-state index contributed by atoms with van der Waals surface area (Å²) in [7, 11) is 0. The number of esters is 1. The molecular weight excluding hydrogens is 160 g/mol. The van der Waals surface area contributed by atoms with Crippen LogP contribution in [0.5, 0.6) is 0 Å². The summed E-state index contributed by atoms with van der Waals surface area (Å²) in [5, 5.41) is 9.02. The first-order chi connectivity index (χ1) is 5.72. The van der Waals surface area contributed by atoms with E-state index >= 15 is 0 Å². The fraction of sp³-hybridized carbons (Fsp3) is 0.750. The third-order valence-electron chi connectivity index (χ3n) is 2.90. The molecule has 2 aliphatic rings. The van der Waals surface area contributed by atoms with Crippen LogP contribution in [0.4, 0.5) is 0 Å². The van der Waals surface area contributed by atoms with Crippen molar-refractivity contribution in [2.45, 2.75) is 18.9 Å². The summed E-state index contributed by atoms with van der Waals surface area (Å²) < 4.78 is 4.91. The molecule has 0 aromatic heterocycles. The van der Waals surface area contributed by atoms with Crippen molar-refractivity contribution >= 4 is 12.3 Å². The molecule has 0 amide bonds.